The highest BCUT2D eigenvalue weighted by molar-refractivity contribution is 5.67. The molecule has 184 valence electrons. The van der Waals surface area contributed by atoms with Crippen molar-refractivity contribution in [3.05, 3.63) is 12.2 Å². The van der Waals surface area contributed by atoms with E-state index in [9.17, 15) is 4.79 Å². The third kappa shape index (κ3) is 5.32. The highest BCUT2D eigenvalue weighted by Gasteiger charge is 2.66. The van der Waals surface area contributed by atoms with E-state index < -0.39 is 5.60 Å². The van der Waals surface area contributed by atoms with Crippen LogP contribution in [0.2, 0.25) is 0 Å². The number of hydrogen-bond acceptors (Lipinski definition) is 6. The molecule has 0 unspecified atom stereocenters. The van der Waals surface area contributed by atoms with Crippen molar-refractivity contribution in [3.8, 4) is 0 Å². The van der Waals surface area contributed by atoms with Crippen molar-refractivity contribution in [1.82, 2.24) is 5.32 Å². The first kappa shape index (κ1) is 25.5. The molecule has 1 N–H and O–H groups in total. The molecule has 3 aliphatic carbocycles. The van der Waals surface area contributed by atoms with Gasteiger partial charge < -0.3 is 29.0 Å². The minimum Gasteiger partial charge on any atom is -0.444 e. The monoisotopic (exact) mass is 453 g/mol. The minimum absolute atomic E-state index is 0.0110. The largest absolute Gasteiger partial charge is 0.444 e. The number of amides is 1. The van der Waals surface area contributed by atoms with Crippen LogP contribution in [0.25, 0.3) is 0 Å². The summed E-state index contributed by atoms with van der Waals surface area (Å²) >= 11 is 0. The fourth-order valence-electron chi connectivity index (χ4n) is 6.74. The van der Waals surface area contributed by atoms with Gasteiger partial charge in [-0.05, 0) is 70.6 Å². The average Bonchev–Trinajstić information content (AvgIpc) is 3.15. The average molecular weight is 454 g/mol. The Hall–Kier alpha value is -1.15. The number of alkyl carbamates (subject to hydrolysis) is 1. The van der Waals surface area contributed by atoms with Gasteiger partial charge in [0.05, 0.1) is 12.2 Å². The van der Waals surface area contributed by atoms with Crippen molar-refractivity contribution in [3.63, 3.8) is 0 Å². The van der Waals surface area contributed by atoms with Crippen LogP contribution in [-0.4, -0.2) is 58.3 Å². The zero-order chi connectivity index (χ0) is 23.5. The summed E-state index contributed by atoms with van der Waals surface area (Å²) in [6.07, 6.45) is 4.86. The molecule has 3 fully saturated rings. The zero-order valence-electron chi connectivity index (χ0n) is 20.8. The molecule has 0 saturated heterocycles. The molecule has 0 aliphatic heterocycles. The highest BCUT2D eigenvalue weighted by Crippen LogP contribution is 2.68. The lowest BCUT2D eigenvalue weighted by Gasteiger charge is -2.48. The van der Waals surface area contributed by atoms with Gasteiger partial charge in [0.25, 0.3) is 0 Å². The number of rotatable bonds is 9. The fourth-order valence-corrected chi connectivity index (χ4v) is 6.74. The Morgan fingerprint density at radius 2 is 1.81 bits per heavy atom. The molecule has 7 atom stereocenters. The molecule has 0 aromatic carbocycles. The van der Waals surface area contributed by atoms with Gasteiger partial charge in [-0.15, -0.1) is 0 Å². The van der Waals surface area contributed by atoms with Gasteiger partial charge in [0, 0.05) is 32.1 Å². The Balaban J connectivity index is 1.79. The van der Waals surface area contributed by atoms with E-state index in [1.54, 1.807) is 14.2 Å². The normalized spacial score (nSPS) is 36.6. The molecular formula is C25H43NO6. The topological polar surface area (TPSA) is 75.3 Å². The minimum atomic E-state index is -0.506. The molecule has 0 aromatic rings. The lowest BCUT2D eigenvalue weighted by Crippen LogP contribution is -2.49. The quantitative estimate of drug-likeness (QED) is 0.409. The standard InChI is InChI=1S/C25H43NO6/c1-16-10-18-12-20(30-14-28-6)22-19(8-9-26-23(27)32-24(3,4)5)17(2)13-25(18,22)21(11-16)31-15-29-7/h16,18-22H,2,8-15H2,1,3-7H3,(H,26,27)/t16-,18+,19+,20+,21-,22+,25-/m1/s1. The summed E-state index contributed by atoms with van der Waals surface area (Å²) in [5.74, 6) is 1.69. The van der Waals surface area contributed by atoms with E-state index in [0.29, 0.717) is 37.9 Å². The molecule has 32 heavy (non-hydrogen) atoms. The van der Waals surface area contributed by atoms with Gasteiger partial charge in [-0.25, -0.2) is 4.79 Å². The third-order valence-electron chi connectivity index (χ3n) is 7.60. The number of nitrogens with one attached hydrogen (secondary N) is 1. The molecule has 0 radical (unpaired) electrons. The van der Waals surface area contributed by atoms with Gasteiger partial charge in [-0.3, -0.25) is 0 Å². The van der Waals surface area contributed by atoms with Crippen LogP contribution < -0.4 is 5.32 Å². The van der Waals surface area contributed by atoms with Crippen molar-refractivity contribution in [2.24, 2.45) is 29.1 Å². The molecule has 1 amide bonds. The van der Waals surface area contributed by atoms with Crippen LogP contribution in [0.1, 0.15) is 59.8 Å². The lowest BCUT2D eigenvalue weighted by molar-refractivity contribution is -0.169. The molecule has 3 saturated carbocycles. The highest BCUT2D eigenvalue weighted by atomic mass is 16.7. The van der Waals surface area contributed by atoms with Crippen molar-refractivity contribution in [2.75, 3.05) is 34.4 Å². The SMILES string of the molecule is C=C1C[C@@]23[C@@H](C[C@@H](C)C[C@H]2OCOC)C[C@H](OCOC)[C@@H]3[C@H]1CCNC(=O)OC(C)(C)C. The van der Waals surface area contributed by atoms with Crippen molar-refractivity contribution < 1.29 is 28.5 Å². The number of carbonyl (C=O) groups excluding carboxylic acids is 1. The van der Waals surface area contributed by atoms with Crippen LogP contribution in [0.5, 0.6) is 0 Å². The molecule has 3 aliphatic rings. The second kappa shape index (κ2) is 10.4. The molecule has 0 aromatic heterocycles. The predicted molar refractivity (Wildman–Crippen MR) is 122 cm³/mol. The van der Waals surface area contributed by atoms with Crippen LogP contribution in [0.15, 0.2) is 12.2 Å². The number of carbonyl (C=O) groups is 1. The maximum atomic E-state index is 12.1. The van der Waals surface area contributed by atoms with Crippen LogP contribution in [0.3, 0.4) is 0 Å². The third-order valence-corrected chi connectivity index (χ3v) is 7.60. The van der Waals surface area contributed by atoms with Crippen LogP contribution >= 0.6 is 0 Å². The Labute approximate surface area is 193 Å². The van der Waals surface area contributed by atoms with Crippen LogP contribution in [0, 0.1) is 29.1 Å². The molecular weight excluding hydrogens is 410 g/mol. The fraction of sp³-hybridized carbons (Fsp3) is 0.880. The summed E-state index contributed by atoms with van der Waals surface area (Å²) in [6, 6.07) is 0. The Morgan fingerprint density at radius 3 is 2.47 bits per heavy atom. The maximum absolute atomic E-state index is 12.1. The number of allylic oxidation sites excluding steroid dienone is 1. The lowest BCUT2D eigenvalue weighted by atomic mass is 9.60. The van der Waals surface area contributed by atoms with Crippen molar-refractivity contribution in [2.45, 2.75) is 77.6 Å². The summed E-state index contributed by atoms with van der Waals surface area (Å²) in [4.78, 5) is 12.1. The van der Waals surface area contributed by atoms with E-state index in [4.69, 9.17) is 23.7 Å². The van der Waals surface area contributed by atoms with Gasteiger partial charge in [-0.2, -0.15) is 0 Å². The second-order valence-electron chi connectivity index (χ2n) is 11.0. The Bertz CT molecular complexity index is 661. The van der Waals surface area contributed by atoms with Gasteiger partial charge in [-0.1, -0.05) is 19.1 Å². The maximum Gasteiger partial charge on any atom is 0.407 e. The molecule has 1 spiro atoms. The summed E-state index contributed by atoms with van der Waals surface area (Å²) < 4.78 is 28.5. The summed E-state index contributed by atoms with van der Waals surface area (Å²) in [6.45, 7) is 13.6. The molecule has 7 heteroatoms. The first-order valence-corrected chi connectivity index (χ1v) is 12.0. The Morgan fingerprint density at radius 1 is 1.12 bits per heavy atom. The van der Waals surface area contributed by atoms with Crippen LogP contribution in [-0.2, 0) is 23.7 Å². The van der Waals surface area contributed by atoms with Gasteiger partial charge in [0.2, 0.25) is 0 Å². The van der Waals surface area contributed by atoms with E-state index >= 15 is 0 Å². The first-order chi connectivity index (χ1) is 15.1. The summed E-state index contributed by atoms with van der Waals surface area (Å²) in [7, 11) is 3.34. The van der Waals surface area contributed by atoms with Gasteiger partial charge in [0.1, 0.15) is 19.2 Å². The van der Waals surface area contributed by atoms with E-state index in [2.05, 4.69) is 18.8 Å². The zero-order valence-corrected chi connectivity index (χ0v) is 20.8. The predicted octanol–water partition coefficient (Wildman–Crippen LogP) is 4.51. The van der Waals surface area contributed by atoms with Crippen LogP contribution in [0.4, 0.5) is 4.79 Å². The number of hydrogen-bond donors (Lipinski definition) is 1. The molecule has 7 nitrogen and oxygen atoms in total. The smallest absolute Gasteiger partial charge is 0.407 e. The summed E-state index contributed by atoms with van der Waals surface area (Å²) in [5, 5.41) is 2.93. The number of methoxy groups -OCH3 is 2. The molecule has 3 rings (SSSR count). The van der Waals surface area contributed by atoms with Gasteiger partial charge >= 0.3 is 6.09 Å². The van der Waals surface area contributed by atoms with Crippen molar-refractivity contribution in [1.29, 1.82) is 0 Å². The van der Waals surface area contributed by atoms with Crippen molar-refractivity contribution >= 4 is 6.09 Å². The van der Waals surface area contributed by atoms with E-state index in [0.717, 1.165) is 25.7 Å². The second-order valence-corrected chi connectivity index (χ2v) is 11.0. The van der Waals surface area contributed by atoms with E-state index in [-0.39, 0.29) is 29.6 Å². The molecule has 0 heterocycles. The first-order valence-electron chi connectivity index (χ1n) is 12.0. The van der Waals surface area contributed by atoms with E-state index in [1.807, 2.05) is 20.8 Å². The summed E-state index contributed by atoms with van der Waals surface area (Å²) in [5.41, 5.74) is 0.752. The Kier molecular flexibility index (Phi) is 8.29. The van der Waals surface area contributed by atoms with Gasteiger partial charge in [0.15, 0.2) is 0 Å². The van der Waals surface area contributed by atoms with E-state index in [1.165, 1.54) is 12.0 Å². The molecule has 0 bridgehead atoms. The number of ether oxygens (including phenoxy) is 5.